The van der Waals surface area contributed by atoms with Crippen molar-refractivity contribution >= 4 is 28.6 Å². The van der Waals surface area contributed by atoms with Crippen LogP contribution in [0.25, 0.3) is 0 Å². The lowest BCUT2D eigenvalue weighted by molar-refractivity contribution is -0.132. The molecule has 0 fully saturated rings. The molecule has 21 heavy (non-hydrogen) atoms. The summed E-state index contributed by atoms with van der Waals surface area (Å²) in [5.74, 6) is 1.70. The maximum Gasteiger partial charge on any atom is 0.336 e. The van der Waals surface area contributed by atoms with Gasteiger partial charge in [-0.1, -0.05) is 6.58 Å². The Hall–Kier alpha value is -1.70. The van der Waals surface area contributed by atoms with Gasteiger partial charge in [0.25, 0.3) is 0 Å². The number of cyclic esters (lactones) is 1. The van der Waals surface area contributed by atoms with Crippen molar-refractivity contribution in [2.45, 2.75) is 6.42 Å². The van der Waals surface area contributed by atoms with Gasteiger partial charge in [0.2, 0.25) is 5.75 Å². The lowest BCUT2D eigenvalue weighted by atomic mass is 10.0. The predicted molar refractivity (Wildman–Crippen MR) is 85.8 cm³/mol. The van der Waals surface area contributed by atoms with Crippen LogP contribution in [0.15, 0.2) is 30.1 Å². The van der Waals surface area contributed by atoms with Crippen LogP contribution in [0.5, 0.6) is 17.2 Å². The lowest BCUT2D eigenvalue weighted by Crippen LogP contribution is -2.02. The zero-order chi connectivity index (χ0) is 15.6. The van der Waals surface area contributed by atoms with Gasteiger partial charge < -0.3 is 18.9 Å². The summed E-state index contributed by atoms with van der Waals surface area (Å²) >= 11 is 2.18. The Bertz CT molecular complexity index is 633. The Labute approximate surface area is 136 Å². The largest absolute Gasteiger partial charge is 0.493 e. The van der Waals surface area contributed by atoms with Crippen LogP contribution in [0.1, 0.15) is 5.56 Å². The first-order valence-corrected chi connectivity index (χ1v) is 7.18. The molecule has 0 radical (unpaired) electrons. The van der Waals surface area contributed by atoms with Crippen molar-refractivity contribution in [2.75, 3.05) is 21.3 Å². The molecule has 1 aliphatic heterocycles. The topological polar surface area (TPSA) is 54.0 Å². The summed E-state index contributed by atoms with van der Waals surface area (Å²) in [4.78, 5) is 11.3. The van der Waals surface area contributed by atoms with E-state index in [-0.39, 0.29) is 0 Å². The van der Waals surface area contributed by atoms with E-state index < -0.39 is 5.97 Å². The van der Waals surface area contributed by atoms with Gasteiger partial charge in [-0.15, -0.1) is 0 Å². The summed E-state index contributed by atoms with van der Waals surface area (Å²) in [6.07, 6.45) is 1.95. The second kappa shape index (κ2) is 6.38. The molecule has 1 aromatic rings. The number of carbonyl (C=O) groups is 1. The van der Waals surface area contributed by atoms with E-state index in [2.05, 4.69) is 29.2 Å². The number of rotatable bonds is 5. The zero-order valence-electron chi connectivity index (χ0n) is 12.0. The number of halogens is 1. The molecule has 0 bridgehead atoms. The zero-order valence-corrected chi connectivity index (χ0v) is 14.1. The molecular formula is C15H15IO5. The molecule has 0 saturated heterocycles. The Morgan fingerprint density at radius 3 is 2.33 bits per heavy atom. The first-order valence-electron chi connectivity index (χ1n) is 6.10. The van der Waals surface area contributed by atoms with Gasteiger partial charge in [0.05, 0.1) is 24.9 Å². The molecule has 0 aliphatic carbocycles. The standard InChI is InChI=1S/C15H15IO5/c1-8-9(7-12(17)21-8)5-10-6-11(18-2)14(19-3)15(20-4)13(10)16/h6-7H,1,5H2,2-4H3. The van der Waals surface area contributed by atoms with Crippen molar-refractivity contribution in [3.63, 3.8) is 0 Å². The Balaban J connectivity index is 2.47. The van der Waals surface area contributed by atoms with Gasteiger partial charge in [0.1, 0.15) is 5.76 Å². The van der Waals surface area contributed by atoms with E-state index in [0.717, 1.165) is 14.7 Å². The third kappa shape index (κ3) is 2.99. The molecule has 0 unspecified atom stereocenters. The molecule has 0 aromatic heterocycles. The molecule has 0 N–H and O–H groups in total. The normalized spacial score (nSPS) is 13.8. The minimum Gasteiger partial charge on any atom is -0.493 e. The van der Waals surface area contributed by atoms with Crippen LogP contribution in [-0.2, 0) is 16.0 Å². The van der Waals surface area contributed by atoms with E-state index in [1.165, 1.54) is 6.08 Å². The fourth-order valence-electron chi connectivity index (χ4n) is 2.09. The average Bonchev–Trinajstić information content (AvgIpc) is 2.78. The van der Waals surface area contributed by atoms with Gasteiger partial charge >= 0.3 is 5.97 Å². The van der Waals surface area contributed by atoms with E-state index in [0.29, 0.717) is 29.4 Å². The monoisotopic (exact) mass is 402 g/mol. The van der Waals surface area contributed by atoms with Crippen molar-refractivity contribution in [3.05, 3.63) is 39.2 Å². The molecule has 6 heteroatoms. The van der Waals surface area contributed by atoms with Crippen LogP contribution in [0.4, 0.5) is 0 Å². The number of methoxy groups -OCH3 is 3. The van der Waals surface area contributed by atoms with Crippen LogP contribution in [0, 0.1) is 3.57 Å². The maximum atomic E-state index is 11.3. The molecule has 1 aliphatic rings. The third-order valence-corrected chi connectivity index (χ3v) is 4.28. The van der Waals surface area contributed by atoms with Gasteiger partial charge in [-0.25, -0.2) is 4.79 Å². The van der Waals surface area contributed by atoms with E-state index in [4.69, 9.17) is 18.9 Å². The SMILES string of the molecule is C=C1OC(=O)C=C1Cc1cc(OC)c(OC)c(OC)c1I. The smallest absolute Gasteiger partial charge is 0.336 e. The highest BCUT2D eigenvalue weighted by atomic mass is 127. The molecule has 5 nitrogen and oxygen atoms in total. The van der Waals surface area contributed by atoms with Crippen LogP contribution in [0.3, 0.4) is 0 Å². The molecule has 0 amide bonds. The van der Waals surface area contributed by atoms with Crippen molar-refractivity contribution < 1.29 is 23.7 Å². The van der Waals surface area contributed by atoms with E-state index in [1.54, 1.807) is 21.3 Å². The predicted octanol–water partition coefficient (Wildman–Crippen LogP) is 2.86. The van der Waals surface area contributed by atoms with Crippen molar-refractivity contribution in [2.24, 2.45) is 0 Å². The number of carbonyl (C=O) groups excluding carboxylic acids is 1. The Morgan fingerprint density at radius 1 is 1.19 bits per heavy atom. The summed E-state index contributed by atoms with van der Waals surface area (Å²) in [5, 5.41) is 0. The summed E-state index contributed by atoms with van der Waals surface area (Å²) < 4.78 is 21.9. The molecule has 2 rings (SSSR count). The van der Waals surface area contributed by atoms with E-state index in [9.17, 15) is 4.79 Å². The fourth-order valence-corrected chi connectivity index (χ4v) is 2.91. The summed E-state index contributed by atoms with van der Waals surface area (Å²) in [6, 6.07) is 1.86. The molecule has 0 atom stereocenters. The highest BCUT2D eigenvalue weighted by molar-refractivity contribution is 14.1. The van der Waals surface area contributed by atoms with Crippen LogP contribution >= 0.6 is 22.6 Å². The van der Waals surface area contributed by atoms with Crippen molar-refractivity contribution in [1.29, 1.82) is 0 Å². The Kier molecular flexibility index (Phi) is 4.76. The van der Waals surface area contributed by atoms with Crippen LogP contribution in [-0.4, -0.2) is 27.3 Å². The minimum absolute atomic E-state index is 0.379. The van der Waals surface area contributed by atoms with Crippen LogP contribution in [0.2, 0.25) is 0 Å². The van der Waals surface area contributed by atoms with Crippen molar-refractivity contribution in [3.8, 4) is 17.2 Å². The second-order valence-electron chi connectivity index (χ2n) is 4.31. The minimum atomic E-state index is -0.391. The van der Waals surface area contributed by atoms with E-state index in [1.807, 2.05) is 6.07 Å². The lowest BCUT2D eigenvalue weighted by Gasteiger charge is -2.17. The highest BCUT2D eigenvalue weighted by Crippen LogP contribution is 2.43. The van der Waals surface area contributed by atoms with Gasteiger partial charge in [0, 0.05) is 18.1 Å². The number of hydrogen-bond acceptors (Lipinski definition) is 5. The first kappa shape index (κ1) is 15.7. The van der Waals surface area contributed by atoms with Gasteiger partial charge in [-0.2, -0.15) is 0 Å². The molecule has 1 aromatic carbocycles. The number of esters is 1. The third-order valence-electron chi connectivity index (χ3n) is 3.10. The van der Waals surface area contributed by atoms with Gasteiger partial charge in [-0.3, -0.25) is 0 Å². The van der Waals surface area contributed by atoms with Crippen molar-refractivity contribution in [1.82, 2.24) is 0 Å². The van der Waals surface area contributed by atoms with Gasteiger partial charge in [0.15, 0.2) is 11.5 Å². The summed E-state index contributed by atoms with van der Waals surface area (Å²) in [5.41, 5.74) is 1.68. The molecule has 112 valence electrons. The second-order valence-corrected chi connectivity index (χ2v) is 5.39. The molecule has 0 saturated carbocycles. The Morgan fingerprint density at radius 2 is 1.86 bits per heavy atom. The van der Waals surface area contributed by atoms with E-state index >= 15 is 0 Å². The summed E-state index contributed by atoms with van der Waals surface area (Å²) in [6.45, 7) is 3.73. The number of ether oxygens (including phenoxy) is 4. The number of allylic oxidation sites excluding steroid dienone is 1. The average molecular weight is 402 g/mol. The number of hydrogen-bond donors (Lipinski definition) is 0. The molecule has 0 spiro atoms. The highest BCUT2D eigenvalue weighted by Gasteiger charge is 2.23. The fraction of sp³-hybridized carbons (Fsp3) is 0.267. The summed E-state index contributed by atoms with van der Waals surface area (Å²) in [7, 11) is 4.70. The first-order chi connectivity index (χ1) is 10.0. The maximum absolute atomic E-state index is 11.3. The molecule has 1 heterocycles. The molecular weight excluding hydrogens is 387 g/mol. The quantitative estimate of drug-likeness (QED) is 0.560. The van der Waals surface area contributed by atoms with Crippen LogP contribution < -0.4 is 14.2 Å². The van der Waals surface area contributed by atoms with Gasteiger partial charge in [-0.05, 0) is 34.2 Å². The number of benzene rings is 1.